The Morgan fingerprint density at radius 2 is 2.17 bits per heavy atom. The Labute approximate surface area is 75.7 Å². The van der Waals surface area contributed by atoms with E-state index in [1.165, 1.54) is 19.3 Å². The molecular weight excluding hydrogens is 144 g/mol. The first-order valence-corrected chi connectivity index (χ1v) is 4.77. The van der Waals surface area contributed by atoms with E-state index in [1.807, 2.05) is 12.2 Å². The van der Waals surface area contributed by atoms with Crippen molar-refractivity contribution < 1.29 is 0 Å². The predicted molar refractivity (Wildman–Crippen MR) is 55.0 cm³/mol. The van der Waals surface area contributed by atoms with Crippen LogP contribution >= 0.6 is 0 Å². The normalized spacial score (nSPS) is 29.4. The van der Waals surface area contributed by atoms with Crippen LogP contribution in [0.25, 0.3) is 0 Å². The Kier molecular flexibility index (Phi) is 3.86. The molecule has 0 N–H and O–H groups in total. The molecule has 0 aromatic carbocycles. The summed E-state index contributed by atoms with van der Waals surface area (Å²) >= 11 is 0. The fourth-order valence-electron chi connectivity index (χ4n) is 1.68. The van der Waals surface area contributed by atoms with E-state index in [0.29, 0.717) is 0 Å². The van der Waals surface area contributed by atoms with Gasteiger partial charge in [0.1, 0.15) is 0 Å². The Morgan fingerprint density at radius 1 is 1.42 bits per heavy atom. The molecule has 1 aliphatic carbocycles. The zero-order valence-corrected chi connectivity index (χ0v) is 7.87. The smallest absolute Gasteiger partial charge is 0.0313 e. The number of allylic oxidation sites excluding steroid dienone is 5. The second-order valence-corrected chi connectivity index (χ2v) is 3.58. The third-order valence-electron chi connectivity index (χ3n) is 2.63. The van der Waals surface area contributed by atoms with Crippen molar-refractivity contribution in [1.29, 1.82) is 0 Å². The molecule has 1 unspecified atom stereocenters. The van der Waals surface area contributed by atoms with Crippen molar-refractivity contribution >= 4 is 0 Å². The summed E-state index contributed by atoms with van der Waals surface area (Å²) in [5, 5.41) is 0. The molecular formula is C12H18. The molecule has 0 saturated carbocycles. The Morgan fingerprint density at radius 3 is 2.83 bits per heavy atom. The highest BCUT2D eigenvalue weighted by Crippen LogP contribution is 2.27. The van der Waals surface area contributed by atoms with E-state index in [9.17, 15) is 0 Å². The Balaban J connectivity index is 2.35. The van der Waals surface area contributed by atoms with E-state index in [-0.39, 0.29) is 0 Å². The van der Waals surface area contributed by atoms with Crippen LogP contribution in [0.15, 0.2) is 37.0 Å². The minimum Gasteiger partial charge on any atom is -0.0991 e. The molecule has 0 spiro atoms. The highest BCUT2D eigenvalue weighted by Gasteiger charge is 2.15. The summed E-state index contributed by atoms with van der Waals surface area (Å²) in [6.45, 7) is 6.00. The van der Waals surface area contributed by atoms with Crippen LogP contribution < -0.4 is 0 Å². The molecule has 0 aliphatic heterocycles. The lowest BCUT2D eigenvalue weighted by atomic mass is 9.82. The molecule has 66 valence electrons. The van der Waals surface area contributed by atoms with E-state index in [2.05, 4.69) is 31.7 Å². The van der Waals surface area contributed by atoms with Gasteiger partial charge in [-0.25, -0.2) is 0 Å². The van der Waals surface area contributed by atoms with Crippen LogP contribution in [-0.4, -0.2) is 0 Å². The average molecular weight is 162 g/mol. The lowest BCUT2D eigenvalue weighted by molar-refractivity contribution is 0.352. The topological polar surface area (TPSA) is 0 Å². The summed E-state index contributed by atoms with van der Waals surface area (Å²) in [5.41, 5.74) is 0. The van der Waals surface area contributed by atoms with Crippen molar-refractivity contribution in [1.82, 2.24) is 0 Å². The van der Waals surface area contributed by atoms with Gasteiger partial charge in [0.15, 0.2) is 0 Å². The van der Waals surface area contributed by atoms with Gasteiger partial charge in [0, 0.05) is 0 Å². The van der Waals surface area contributed by atoms with Crippen LogP contribution in [0.2, 0.25) is 0 Å². The molecule has 0 saturated heterocycles. The van der Waals surface area contributed by atoms with E-state index in [0.717, 1.165) is 11.8 Å². The average Bonchev–Trinajstić information content (AvgIpc) is 2.09. The molecule has 0 fully saturated rings. The van der Waals surface area contributed by atoms with Crippen molar-refractivity contribution in [2.45, 2.75) is 26.2 Å². The Hall–Kier alpha value is -0.780. The molecule has 0 aromatic rings. The molecule has 1 aliphatic rings. The first-order valence-electron chi connectivity index (χ1n) is 4.77. The van der Waals surface area contributed by atoms with Crippen LogP contribution in [-0.2, 0) is 0 Å². The molecule has 0 nitrogen and oxygen atoms in total. The van der Waals surface area contributed by atoms with Crippen molar-refractivity contribution in [3.63, 3.8) is 0 Å². The van der Waals surface area contributed by atoms with E-state index < -0.39 is 0 Å². The Bertz CT molecular complexity index is 186. The quantitative estimate of drug-likeness (QED) is 0.438. The minimum absolute atomic E-state index is 0.851. The number of hydrogen-bond donors (Lipinski definition) is 0. The van der Waals surface area contributed by atoms with Gasteiger partial charge in [0.05, 0.1) is 0 Å². The second-order valence-electron chi connectivity index (χ2n) is 3.58. The minimum atomic E-state index is 0.851. The third kappa shape index (κ3) is 2.69. The van der Waals surface area contributed by atoms with E-state index >= 15 is 0 Å². The molecule has 0 heteroatoms. The fourth-order valence-corrected chi connectivity index (χ4v) is 1.68. The molecule has 0 aromatic heterocycles. The number of hydrogen-bond acceptors (Lipinski definition) is 0. The van der Waals surface area contributed by atoms with Gasteiger partial charge in [0.2, 0.25) is 0 Å². The lowest BCUT2D eigenvalue weighted by Crippen LogP contribution is -2.12. The van der Waals surface area contributed by atoms with Gasteiger partial charge in [-0.2, -0.15) is 0 Å². The highest BCUT2D eigenvalue weighted by molar-refractivity contribution is 5.01. The molecule has 1 rings (SSSR count). The molecule has 2 atom stereocenters. The summed E-state index contributed by atoms with van der Waals surface area (Å²) in [6.07, 6.45) is 14.5. The molecule has 0 radical (unpaired) electrons. The number of rotatable bonds is 3. The molecule has 0 heterocycles. The maximum Gasteiger partial charge on any atom is -0.0313 e. The van der Waals surface area contributed by atoms with Crippen LogP contribution in [0.3, 0.4) is 0 Å². The first kappa shape index (κ1) is 9.31. The van der Waals surface area contributed by atoms with Crippen molar-refractivity contribution in [2.24, 2.45) is 11.8 Å². The van der Waals surface area contributed by atoms with Crippen molar-refractivity contribution in [3.8, 4) is 0 Å². The van der Waals surface area contributed by atoms with Gasteiger partial charge < -0.3 is 0 Å². The van der Waals surface area contributed by atoms with Crippen LogP contribution in [0.4, 0.5) is 0 Å². The maximum atomic E-state index is 3.66. The molecule has 12 heavy (non-hydrogen) atoms. The van der Waals surface area contributed by atoms with Crippen molar-refractivity contribution in [3.05, 3.63) is 37.0 Å². The molecule has 0 amide bonds. The van der Waals surface area contributed by atoms with Gasteiger partial charge in [-0.05, 0) is 31.1 Å². The van der Waals surface area contributed by atoms with Gasteiger partial charge in [-0.15, -0.1) is 0 Å². The summed E-state index contributed by atoms with van der Waals surface area (Å²) in [6, 6.07) is 0. The largest absolute Gasteiger partial charge is 0.0991 e. The second kappa shape index (κ2) is 4.97. The zero-order chi connectivity index (χ0) is 8.81. The van der Waals surface area contributed by atoms with E-state index in [4.69, 9.17) is 0 Å². The lowest BCUT2D eigenvalue weighted by Gasteiger charge is -2.23. The standard InChI is InChI=1S/C12H18/c1-3-4-5-9-12-10-7-6-8-11(12)2/h3-7,11-12H,1,8-10H2,2H3/b5-4-/t11?,12-/m1/s1. The summed E-state index contributed by atoms with van der Waals surface area (Å²) in [5.74, 6) is 1.70. The van der Waals surface area contributed by atoms with Gasteiger partial charge in [-0.1, -0.05) is 43.9 Å². The van der Waals surface area contributed by atoms with Crippen LogP contribution in [0.5, 0.6) is 0 Å². The summed E-state index contributed by atoms with van der Waals surface area (Å²) in [4.78, 5) is 0. The van der Waals surface area contributed by atoms with Crippen molar-refractivity contribution in [2.75, 3.05) is 0 Å². The highest BCUT2D eigenvalue weighted by atomic mass is 14.2. The molecule has 0 bridgehead atoms. The maximum absolute atomic E-state index is 3.66. The third-order valence-corrected chi connectivity index (χ3v) is 2.63. The first-order chi connectivity index (χ1) is 5.84. The van der Waals surface area contributed by atoms with Crippen LogP contribution in [0, 0.1) is 11.8 Å². The van der Waals surface area contributed by atoms with Crippen LogP contribution in [0.1, 0.15) is 26.2 Å². The van der Waals surface area contributed by atoms with E-state index in [1.54, 1.807) is 0 Å². The monoisotopic (exact) mass is 162 g/mol. The van der Waals surface area contributed by atoms with Gasteiger partial charge in [-0.3, -0.25) is 0 Å². The summed E-state index contributed by atoms with van der Waals surface area (Å²) in [7, 11) is 0. The SMILES string of the molecule is C=C/C=C\C[C@@H]1CC=CCC1C. The summed E-state index contributed by atoms with van der Waals surface area (Å²) < 4.78 is 0. The predicted octanol–water partition coefficient (Wildman–Crippen LogP) is 3.72. The zero-order valence-electron chi connectivity index (χ0n) is 7.87. The van der Waals surface area contributed by atoms with Gasteiger partial charge in [0.25, 0.3) is 0 Å². The van der Waals surface area contributed by atoms with Gasteiger partial charge >= 0.3 is 0 Å². The fraction of sp³-hybridized carbons (Fsp3) is 0.500.